The summed E-state index contributed by atoms with van der Waals surface area (Å²) >= 11 is 9.56. The van der Waals surface area contributed by atoms with Crippen LogP contribution in [0.3, 0.4) is 0 Å². The molecule has 5 heteroatoms. The maximum absolute atomic E-state index is 12.0. The smallest absolute Gasteiger partial charge is 0.246 e. The molecule has 20 heavy (non-hydrogen) atoms. The molecule has 1 amide bonds. The fraction of sp³-hybridized carbons (Fsp3) is 0.133. The Bertz CT molecular complexity index is 675. The van der Waals surface area contributed by atoms with Crippen LogP contribution in [0.2, 0.25) is 5.02 Å². The summed E-state index contributed by atoms with van der Waals surface area (Å²) in [6, 6.07) is 13.0. The average molecular weight is 352 g/mol. The maximum Gasteiger partial charge on any atom is 0.246 e. The molecule has 2 aromatic carbocycles. The van der Waals surface area contributed by atoms with Crippen molar-refractivity contribution in [3.8, 4) is 0 Å². The summed E-state index contributed by atoms with van der Waals surface area (Å²) in [5.41, 5.74) is 2.79. The molecule has 0 radical (unpaired) electrons. The number of amides is 1. The van der Waals surface area contributed by atoms with Crippen LogP contribution in [0.25, 0.3) is 0 Å². The number of rotatable bonds is 3. The lowest BCUT2D eigenvalue weighted by molar-refractivity contribution is -0.117. The van der Waals surface area contributed by atoms with Gasteiger partial charge in [0.25, 0.3) is 0 Å². The predicted molar refractivity (Wildman–Crippen MR) is 83.8 cm³/mol. The molecule has 0 saturated carbocycles. The van der Waals surface area contributed by atoms with Crippen molar-refractivity contribution >= 4 is 39.1 Å². The van der Waals surface area contributed by atoms with E-state index < -0.39 is 0 Å². The lowest BCUT2D eigenvalue weighted by Crippen LogP contribution is -2.27. The first-order valence-electron chi connectivity index (χ1n) is 6.22. The van der Waals surface area contributed by atoms with E-state index in [9.17, 15) is 4.79 Å². The first kappa shape index (κ1) is 13.6. The van der Waals surface area contributed by atoms with Gasteiger partial charge in [0.15, 0.2) is 0 Å². The number of anilines is 1. The monoisotopic (exact) mass is 350 g/mol. The summed E-state index contributed by atoms with van der Waals surface area (Å²) in [5.74, 6) is -0.0369. The normalized spacial score (nSPS) is 16.9. The highest BCUT2D eigenvalue weighted by molar-refractivity contribution is 9.10. The predicted octanol–water partition coefficient (Wildman–Crippen LogP) is 3.89. The minimum Gasteiger partial charge on any atom is -0.324 e. The molecule has 1 unspecified atom stereocenters. The van der Waals surface area contributed by atoms with E-state index in [2.05, 4.69) is 26.6 Å². The minimum atomic E-state index is -0.348. The lowest BCUT2D eigenvalue weighted by atomic mass is 10.1. The van der Waals surface area contributed by atoms with Gasteiger partial charge >= 0.3 is 0 Å². The van der Waals surface area contributed by atoms with Crippen LogP contribution in [0.1, 0.15) is 17.2 Å². The first-order chi connectivity index (χ1) is 9.65. The molecule has 2 N–H and O–H groups in total. The van der Waals surface area contributed by atoms with E-state index in [0.29, 0.717) is 11.6 Å². The number of carbonyl (C=O) groups excluding carboxylic acids is 1. The molecule has 1 atom stereocenters. The molecule has 0 fully saturated rings. The van der Waals surface area contributed by atoms with Crippen LogP contribution in [0.4, 0.5) is 5.69 Å². The van der Waals surface area contributed by atoms with E-state index in [1.165, 1.54) is 0 Å². The van der Waals surface area contributed by atoms with Gasteiger partial charge in [0.2, 0.25) is 5.91 Å². The van der Waals surface area contributed by atoms with E-state index >= 15 is 0 Å². The van der Waals surface area contributed by atoms with Crippen LogP contribution in [0.5, 0.6) is 0 Å². The maximum atomic E-state index is 12.0. The fourth-order valence-corrected chi connectivity index (χ4v) is 2.87. The number of benzene rings is 2. The second-order valence-corrected chi connectivity index (χ2v) is 5.95. The summed E-state index contributed by atoms with van der Waals surface area (Å²) in [5, 5.41) is 6.83. The van der Waals surface area contributed by atoms with Gasteiger partial charge in [-0.1, -0.05) is 45.7 Å². The van der Waals surface area contributed by atoms with E-state index in [0.717, 1.165) is 21.3 Å². The zero-order chi connectivity index (χ0) is 14.1. The van der Waals surface area contributed by atoms with E-state index in [1.54, 1.807) is 0 Å². The fourth-order valence-electron chi connectivity index (χ4n) is 2.29. The quantitative estimate of drug-likeness (QED) is 0.881. The molecule has 3 nitrogen and oxygen atoms in total. The van der Waals surface area contributed by atoms with Crippen LogP contribution < -0.4 is 10.6 Å². The second-order valence-electron chi connectivity index (χ2n) is 4.63. The van der Waals surface area contributed by atoms with E-state index in [1.807, 2.05) is 42.5 Å². The number of carbonyl (C=O) groups is 1. The molecule has 0 aliphatic carbocycles. The van der Waals surface area contributed by atoms with Crippen LogP contribution in [-0.2, 0) is 11.3 Å². The Kier molecular flexibility index (Phi) is 3.78. The third-order valence-corrected chi connectivity index (χ3v) is 4.16. The van der Waals surface area contributed by atoms with Crippen molar-refractivity contribution in [1.29, 1.82) is 0 Å². The summed E-state index contributed by atoms with van der Waals surface area (Å²) < 4.78 is 0.956. The zero-order valence-electron chi connectivity index (χ0n) is 10.5. The van der Waals surface area contributed by atoms with Crippen molar-refractivity contribution in [1.82, 2.24) is 5.32 Å². The Morgan fingerprint density at radius 1 is 1.25 bits per heavy atom. The van der Waals surface area contributed by atoms with Crippen molar-refractivity contribution in [2.24, 2.45) is 0 Å². The highest BCUT2D eigenvalue weighted by Gasteiger charge is 2.30. The van der Waals surface area contributed by atoms with E-state index in [4.69, 9.17) is 11.6 Å². The van der Waals surface area contributed by atoms with Gasteiger partial charge in [-0.25, -0.2) is 0 Å². The number of fused-ring (bicyclic) bond motifs is 1. The largest absolute Gasteiger partial charge is 0.324 e. The SMILES string of the molecule is O=C1Nc2ccc(Br)cc2C1NCc1ccccc1Cl. The van der Waals surface area contributed by atoms with Gasteiger partial charge in [-0.2, -0.15) is 0 Å². The van der Waals surface area contributed by atoms with Crippen LogP contribution in [-0.4, -0.2) is 5.91 Å². The average Bonchev–Trinajstić information content (AvgIpc) is 2.73. The molecule has 102 valence electrons. The summed E-state index contributed by atoms with van der Waals surface area (Å²) in [7, 11) is 0. The van der Waals surface area contributed by atoms with Crippen molar-refractivity contribution in [2.45, 2.75) is 12.6 Å². The Morgan fingerprint density at radius 3 is 2.85 bits per heavy atom. The topological polar surface area (TPSA) is 41.1 Å². The van der Waals surface area contributed by atoms with E-state index in [-0.39, 0.29) is 11.9 Å². The number of halogens is 2. The Morgan fingerprint density at radius 2 is 2.05 bits per heavy atom. The van der Waals surface area contributed by atoms with Gasteiger partial charge in [-0.15, -0.1) is 0 Å². The molecule has 0 spiro atoms. The number of nitrogens with one attached hydrogen (secondary N) is 2. The lowest BCUT2D eigenvalue weighted by Gasteiger charge is -2.12. The number of hydrogen-bond donors (Lipinski definition) is 2. The van der Waals surface area contributed by atoms with Crippen molar-refractivity contribution in [3.05, 3.63) is 63.1 Å². The first-order valence-corrected chi connectivity index (χ1v) is 7.39. The Hall–Kier alpha value is -1.36. The van der Waals surface area contributed by atoms with Gasteiger partial charge in [0, 0.05) is 27.3 Å². The third-order valence-electron chi connectivity index (χ3n) is 3.30. The Balaban J connectivity index is 1.80. The molecule has 1 aliphatic rings. The molecule has 1 heterocycles. The van der Waals surface area contributed by atoms with Gasteiger partial charge in [-0.3, -0.25) is 10.1 Å². The molecule has 0 saturated heterocycles. The summed E-state index contributed by atoms with van der Waals surface area (Å²) in [6.45, 7) is 0.545. The van der Waals surface area contributed by atoms with Gasteiger partial charge in [0.1, 0.15) is 6.04 Å². The van der Waals surface area contributed by atoms with Crippen LogP contribution >= 0.6 is 27.5 Å². The van der Waals surface area contributed by atoms with Crippen LogP contribution in [0.15, 0.2) is 46.9 Å². The van der Waals surface area contributed by atoms with Gasteiger partial charge in [-0.05, 0) is 29.8 Å². The molecule has 3 rings (SSSR count). The van der Waals surface area contributed by atoms with Crippen LogP contribution in [0, 0.1) is 0 Å². The van der Waals surface area contributed by atoms with Crippen molar-refractivity contribution in [2.75, 3.05) is 5.32 Å². The highest BCUT2D eigenvalue weighted by atomic mass is 79.9. The molecular weight excluding hydrogens is 340 g/mol. The molecule has 2 aromatic rings. The second kappa shape index (κ2) is 5.56. The van der Waals surface area contributed by atoms with Crippen molar-refractivity contribution < 1.29 is 4.79 Å². The molecule has 1 aliphatic heterocycles. The molecular formula is C15H12BrClN2O. The van der Waals surface area contributed by atoms with Gasteiger partial charge in [0.05, 0.1) is 0 Å². The van der Waals surface area contributed by atoms with Crippen molar-refractivity contribution in [3.63, 3.8) is 0 Å². The van der Waals surface area contributed by atoms with Gasteiger partial charge < -0.3 is 5.32 Å². The molecule has 0 bridgehead atoms. The number of hydrogen-bond acceptors (Lipinski definition) is 2. The summed E-state index contributed by atoms with van der Waals surface area (Å²) in [4.78, 5) is 12.0. The minimum absolute atomic E-state index is 0.0369. The molecule has 0 aromatic heterocycles. The summed E-state index contributed by atoms with van der Waals surface area (Å²) in [6.07, 6.45) is 0. The Labute approximate surface area is 130 Å². The highest BCUT2D eigenvalue weighted by Crippen LogP contribution is 2.33. The standard InChI is InChI=1S/C15H12BrClN2O/c16-10-5-6-13-11(7-10)14(15(20)19-13)18-8-9-3-1-2-4-12(9)17/h1-7,14,18H,8H2,(H,19,20). The third kappa shape index (κ3) is 2.59. The zero-order valence-corrected chi connectivity index (χ0v) is 12.8.